The molecule has 7 heteroatoms. The summed E-state index contributed by atoms with van der Waals surface area (Å²) in [6.07, 6.45) is 0. The second-order valence-corrected chi connectivity index (χ2v) is 5.49. The number of anilines is 2. The van der Waals surface area contributed by atoms with E-state index in [1.165, 1.54) is 6.07 Å². The van der Waals surface area contributed by atoms with Gasteiger partial charge in [0.05, 0.1) is 11.4 Å². The summed E-state index contributed by atoms with van der Waals surface area (Å²) in [7, 11) is 0. The lowest BCUT2D eigenvalue weighted by Gasteiger charge is -2.21. The average Bonchev–Trinajstić information content (AvgIpc) is 2.80. The summed E-state index contributed by atoms with van der Waals surface area (Å²) < 4.78 is 22.2. The molecule has 0 aliphatic rings. The van der Waals surface area contributed by atoms with Crippen LogP contribution in [0.15, 0.2) is 35.7 Å². The number of hydrogen-bond donors (Lipinski definition) is 2. The Bertz CT molecular complexity index is 638. The van der Waals surface area contributed by atoms with Crippen LogP contribution in [-0.4, -0.2) is 19.8 Å². The maximum atomic E-state index is 11.6. The molecule has 100 valence electrons. The van der Waals surface area contributed by atoms with Gasteiger partial charge in [0.1, 0.15) is 4.88 Å². The zero-order chi connectivity index (χ0) is 14.0. The second kappa shape index (κ2) is 5.52. The number of rotatable bonds is 4. The molecular weight excluding hydrogens is 286 g/mol. The molecule has 1 unspecified atom stereocenters. The predicted octanol–water partition coefficient (Wildman–Crippen LogP) is 3.03. The van der Waals surface area contributed by atoms with Crippen LogP contribution in [0.1, 0.15) is 15.2 Å². The number of para-hydroxylation sites is 1. The molecule has 0 saturated carbocycles. The van der Waals surface area contributed by atoms with Gasteiger partial charge in [-0.25, -0.2) is 13.3 Å². The van der Waals surface area contributed by atoms with E-state index in [0.29, 0.717) is 5.69 Å². The Morgan fingerprint density at radius 3 is 2.53 bits per heavy atom. The van der Waals surface area contributed by atoms with Gasteiger partial charge >= 0.3 is 5.97 Å². The fourth-order valence-electron chi connectivity index (χ4n) is 1.71. The monoisotopic (exact) mass is 297 g/mol. The van der Waals surface area contributed by atoms with E-state index in [-0.39, 0.29) is 10.6 Å². The van der Waals surface area contributed by atoms with Gasteiger partial charge in [0.25, 0.3) is 11.3 Å². The Hall–Kier alpha value is -1.70. The molecular formula is C12H11NO4S2. The van der Waals surface area contributed by atoms with E-state index in [1.807, 2.05) is 6.07 Å². The molecule has 1 atom stereocenters. The van der Waals surface area contributed by atoms with Crippen molar-refractivity contribution in [1.29, 1.82) is 0 Å². The molecule has 5 nitrogen and oxygen atoms in total. The van der Waals surface area contributed by atoms with Crippen molar-refractivity contribution in [2.45, 2.75) is 6.92 Å². The summed E-state index contributed by atoms with van der Waals surface area (Å²) in [5, 5.41) is 10.7. The Balaban J connectivity index is 2.59. The zero-order valence-electron chi connectivity index (χ0n) is 9.94. The van der Waals surface area contributed by atoms with Gasteiger partial charge < -0.3 is 5.11 Å². The van der Waals surface area contributed by atoms with Crippen molar-refractivity contribution in [2.75, 3.05) is 4.31 Å². The van der Waals surface area contributed by atoms with Crippen molar-refractivity contribution in [3.8, 4) is 0 Å². The topological polar surface area (TPSA) is 77.8 Å². The first-order valence-corrected chi connectivity index (χ1v) is 7.24. The SMILES string of the molecule is Cc1ccccc1N(c1ccsc1C(=O)O)S(=O)O. The predicted molar refractivity (Wildman–Crippen MR) is 75.4 cm³/mol. The van der Waals surface area contributed by atoms with Crippen molar-refractivity contribution in [2.24, 2.45) is 0 Å². The first-order valence-electron chi connectivity index (χ1n) is 5.30. The number of carboxylic acids is 1. The van der Waals surface area contributed by atoms with Crippen LogP contribution in [0.2, 0.25) is 0 Å². The number of carbonyl (C=O) groups is 1. The van der Waals surface area contributed by atoms with Gasteiger partial charge in [-0.3, -0.25) is 4.55 Å². The lowest BCUT2D eigenvalue weighted by atomic mass is 10.2. The first kappa shape index (κ1) is 13.7. The van der Waals surface area contributed by atoms with E-state index in [9.17, 15) is 13.6 Å². The maximum Gasteiger partial charge on any atom is 0.348 e. The molecule has 0 spiro atoms. The molecule has 2 N–H and O–H groups in total. The number of nitrogens with zero attached hydrogens (tertiary/aromatic N) is 1. The van der Waals surface area contributed by atoms with Crippen molar-refractivity contribution >= 4 is 39.9 Å². The van der Waals surface area contributed by atoms with Crippen molar-refractivity contribution in [1.82, 2.24) is 0 Å². The molecule has 1 aromatic carbocycles. The second-order valence-electron chi connectivity index (χ2n) is 3.75. The zero-order valence-corrected chi connectivity index (χ0v) is 11.6. The highest BCUT2D eigenvalue weighted by atomic mass is 32.2. The molecule has 1 aromatic heterocycles. The maximum absolute atomic E-state index is 11.6. The number of thiophene rings is 1. The fraction of sp³-hybridized carbons (Fsp3) is 0.0833. The van der Waals surface area contributed by atoms with Gasteiger partial charge in [0, 0.05) is 0 Å². The summed E-state index contributed by atoms with van der Waals surface area (Å²) in [4.78, 5) is 11.2. The van der Waals surface area contributed by atoms with Crippen LogP contribution in [0.5, 0.6) is 0 Å². The molecule has 0 fully saturated rings. The summed E-state index contributed by atoms with van der Waals surface area (Å²) in [6, 6.07) is 8.53. The van der Waals surface area contributed by atoms with E-state index in [4.69, 9.17) is 5.11 Å². The minimum absolute atomic E-state index is 0.0330. The van der Waals surface area contributed by atoms with E-state index in [0.717, 1.165) is 21.2 Å². The van der Waals surface area contributed by atoms with Gasteiger partial charge in [-0.2, -0.15) is 0 Å². The molecule has 0 aliphatic heterocycles. The van der Waals surface area contributed by atoms with Crippen LogP contribution in [-0.2, 0) is 11.3 Å². The third-order valence-corrected chi connectivity index (χ3v) is 4.15. The standard InChI is InChI=1S/C12H11NO4S2/c1-8-4-2-3-5-9(8)13(19(16)17)10-6-7-18-11(10)12(14)15/h2-7H,1H3,(H,14,15)(H,16,17). The van der Waals surface area contributed by atoms with Gasteiger partial charge in [-0.1, -0.05) is 18.2 Å². The average molecular weight is 297 g/mol. The Kier molecular flexibility index (Phi) is 3.98. The Morgan fingerprint density at radius 2 is 1.95 bits per heavy atom. The van der Waals surface area contributed by atoms with Crippen LogP contribution < -0.4 is 4.31 Å². The van der Waals surface area contributed by atoms with Gasteiger partial charge in [-0.05, 0) is 30.0 Å². The van der Waals surface area contributed by atoms with Crippen molar-refractivity contribution in [3.63, 3.8) is 0 Å². The van der Waals surface area contributed by atoms with Gasteiger partial charge in [-0.15, -0.1) is 11.3 Å². The van der Waals surface area contributed by atoms with E-state index in [2.05, 4.69) is 0 Å². The molecule has 2 aromatic rings. The van der Waals surface area contributed by atoms with Crippen molar-refractivity contribution < 1.29 is 18.7 Å². The summed E-state index contributed by atoms with van der Waals surface area (Å²) >= 11 is -1.33. The van der Waals surface area contributed by atoms with E-state index in [1.54, 1.807) is 30.5 Å². The lowest BCUT2D eigenvalue weighted by Crippen LogP contribution is -2.21. The fourth-order valence-corrected chi connectivity index (χ4v) is 3.18. The van der Waals surface area contributed by atoms with Crippen molar-refractivity contribution in [3.05, 3.63) is 46.2 Å². The molecule has 0 bridgehead atoms. The van der Waals surface area contributed by atoms with Crippen LogP contribution in [0.25, 0.3) is 0 Å². The molecule has 0 radical (unpaired) electrons. The number of hydrogen-bond acceptors (Lipinski definition) is 3. The molecule has 0 aliphatic carbocycles. The lowest BCUT2D eigenvalue weighted by molar-refractivity contribution is 0.0703. The minimum atomic E-state index is -2.34. The molecule has 1 heterocycles. The summed E-state index contributed by atoms with van der Waals surface area (Å²) in [5.74, 6) is -1.12. The molecule has 0 saturated heterocycles. The minimum Gasteiger partial charge on any atom is -0.477 e. The highest BCUT2D eigenvalue weighted by Crippen LogP contribution is 2.34. The number of benzene rings is 1. The first-order chi connectivity index (χ1) is 9.02. The number of carboxylic acid groups (broad SMARTS) is 1. The highest BCUT2D eigenvalue weighted by Gasteiger charge is 2.23. The number of aryl methyl sites for hydroxylation is 1. The Morgan fingerprint density at radius 1 is 1.26 bits per heavy atom. The molecule has 0 amide bonds. The molecule has 19 heavy (non-hydrogen) atoms. The number of aromatic carboxylic acids is 1. The van der Waals surface area contributed by atoms with Crippen LogP contribution in [0.3, 0.4) is 0 Å². The highest BCUT2D eigenvalue weighted by molar-refractivity contribution is 7.81. The summed E-state index contributed by atoms with van der Waals surface area (Å²) in [6.45, 7) is 1.79. The normalized spacial score (nSPS) is 12.1. The van der Waals surface area contributed by atoms with E-state index < -0.39 is 17.2 Å². The quantitative estimate of drug-likeness (QED) is 0.850. The smallest absolute Gasteiger partial charge is 0.348 e. The van der Waals surface area contributed by atoms with Crippen LogP contribution in [0.4, 0.5) is 11.4 Å². The third kappa shape index (κ3) is 2.67. The van der Waals surface area contributed by atoms with Crippen LogP contribution in [0, 0.1) is 6.92 Å². The Labute approximate surface area is 116 Å². The largest absolute Gasteiger partial charge is 0.477 e. The summed E-state index contributed by atoms with van der Waals surface area (Å²) in [5.41, 5.74) is 1.50. The van der Waals surface area contributed by atoms with Gasteiger partial charge in [0.2, 0.25) is 0 Å². The van der Waals surface area contributed by atoms with E-state index >= 15 is 0 Å². The van der Waals surface area contributed by atoms with Crippen LogP contribution >= 0.6 is 11.3 Å². The third-order valence-electron chi connectivity index (χ3n) is 2.55. The van der Waals surface area contributed by atoms with Gasteiger partial charge in [0.15, 0.2) is 0 Å². The molecule has 2 rings (SSSR count).